The fourth-order valence-corrected chi connectivity index (χ4v) is 0.938. The highest BCUT2D eigenvalue weighted by Gasteiger charge is 2.18. The Labute approximate surface area is 77.7 Å². The van der Waals surface area contributed by atoms with Gasteiger partial charge in [0, 0.05) is 4.91 Å². The zero-order valence-electron chi connectivity index (χ0n) is 8.23. The Balaban J connectivity index is 4.23. The van der Waals surface area contributed by atoms with Gasteiger partial charge in [0.2, 0.25) is 0 Å². The Morgan fingerprint density at radius 1 is 1.62 bits per heavy atom. The van der Waals surface area contributed by atoms with E-state index in [2.05, 4.69) is 10.0 Å². The lowest BCUT2D eigenvalue weighted by atomic mass is 10.0. The summed E-state index contributed by atoms with van der Waals surface area (Å²) in [5.41, 5.74) is 8.22. The fourth-order valence-electron chi connectivity index (χ4n) is 0.938. The van der Waals surface area contributed by atoms with Crippen molar-refractivity contribution in [3.05, 3.63) is 10.4 Å². The van der Waals surface area contributed by atoms with Crippen molar-refractivity contribution >= 4 is 5.97 Å². The molecule has 0 rings (SSSR count). The minimum absolute atomic E-state index is 0.305. The molecular formula is C8H15N3O2. The Bertz CT molecular complexity index is 209. The maximum absolute atomic E-state index is 11.2. The van der Waals surface area contributed by atoms with Crippen LogP contribution in [0.15, 0.2) is 5.11 Å². The Morgan fingerprint density at radius 3 is 2.62 bits per heavy atom. The number of ether oxygens (including phenoxy) is 1. The van der Waals surface area contributed by atoms with Crippen LogP contribution in [0.2, 0.25) is 0 Å². The first-order chi connectivity index (χ1) is 6.11. The second-order valence-corrected chi connectivity index (χ2v) is 3.10. The van der Waals surface area contributed by atoms with Crippen LogP contribution in [-0.2, 0) is 9.53 Å². The Morgan fingerprint density at radius 2 is 2.23 bits per heavy atom. The molecule has 0 amide bonds. The average Bonchev–Trinajstić information content (AvgIpc) is 2.03. The van der Waals surface area contributed by atoms with Gasteiger partial charge in [0.15, 0.2) is 0 Å². The molecule has 0 aliphatic rings. The number of nitrogens with zero attached hydrogens (tertiary/aromatic N) is 3. The van der Waals surface area contributed by atoms with Crippen LogP contribution in [0.5, 0.6) is 0 Å². The van der Waals surface area contributed by atoms with E-state index in [0.717, 1.165) is 0 Å². The van der Waals surface area contributed by atoms with Gasteiger partial charge in [0.25, 0.3) is 0 Å². The molecule has 0 fully saturated rings. The summed E-state index contributed by atoms with van der Waals surface area (Å²) >= 11 is 0. The topological polar surface area (TPSA) is 75.1 Å². The summed E-state index contributed by atoms with van der Waals surface area (Å²) in [5, 5.41) is 3.39. The van der Waals surface area contributed by atoms with E-state index in [-0.39, 0.29) is 0 Å². The molecular weight excluding hydrogens is 170 g/mol. The van der Waals surface area contributed by atoms with Crippen molar-refractivity contribution in [2.75, 3.05) is 6.61 Å². The lowest BCUT2D eigenvalue weighted by Gasteiger charge is -2.11. The maximum Gasteiger partial charge on any atom is 0.314 e. The minimum Gasteiger partial charge on any atom is -0.466 e. The van der Waals surface area contributed by atoms with Crippen molar-refractivity contribution in [3.8, 4) is 0 Å². The Hall–Kier alpha value is -1.22. The van der Waals surface area contributed by atoms with Gasteiger partial charge in [-0.3, -0.25) is 4.79 Å². The molecule has 0 N–H and O–H groups in total. The number of hydrogen-bond acceptors (Lipinski definition) is 3. The molecule has 5 heteroatoms. The highest BCUT2D eigenvalue weighted by molar-refractivity contribution is 5.75. The van der Waals surface area contributed by atoms with Gasteiger partial charge in [-0.1, -0.05) is 19.0 Å². The van der Waals surface area contributed by atoms with E-state index in [1.807, 2.05) is 13.8 Å². The predicted octanol–water partition coefficient (Wildman–Crippen LogP) is 2.27. The quantitative estimate of drug-likeness (QED) is 0.285. The molecule has 0 saturated carbocycles. The lowest BCUT2D eigenvalue weighted by molar-refractivity contribution is -0.145. The maximum atomic E-state index is 11.2. The smallest absolute Gasteiger partial charge is 0.314 e. The molecule has 13 heavy (non-hydrogen) atoms. The zero-order chi connectivity index (χ0) is 10.3. The SMILES string of the molecule is CCOC(=O)C(CC(C)C)N=[N+]=[N-]. The lowest BCUT2D eigenvalue weighted by Crippen LogP contribution is -2.22. The van der Waals surface area contributed by atoms with Crippen molar-refractivity contribution < 1.29 is 9.53 Å². The largest absolute Gasteiger partial charge is 0.466 e. The minimum atomic E-state index is -0.676. The number of carbonyl (C=O) groups is 1. The van der Waals surface area contributed by atoms with Gasteiger partial charge in [-0.25, -0.2) is 0 Å². The molecule has 0 aliphatic carbocycles. The highest BCUT2D eigenvalue weighted by Crippen LogP contribution is 2.09. The van der Waals surface area contributed by atoms with Gasteiger partial charge < -0.3 is 4.74 Å². The van der Waals surface area contributed by atoms with Gasteiger partial charge >= 0.3 is 5.97 Å². The van der Waals surface area contributed by atoms with Crippen LogP contribution in [0.1, 0.15) is 27.2 Å². The third-order valence-electron chi connectivity index (χ3n) is 1.44. The number of esters is 1. The molecule has 1 unspecified atom stereocenters. The number of hydrogen-bond donors (Lipinski definition) is 0. The van der Waals surface area contributed by atoms with Gasteiger partial charge in [-0.05, 0) is 24.8 Å². The monoisotopic (exact) mass is 185 g/mol. The summed E-state index contributed by atoms with van der Waals surface area (Å²) < 4.78 is 4.75. The molecule has 0 spiro atoms. The first-order valence-corrected chi connectivity index (χ1v) is 4.32. The summed E-state index contributed by atoms with van der Waals surface area (Å²) in [6.45, 7) is 5.95. The average molecular weight is 185 g/mol. The zero-order valence-corrected chi connectivity index (χ0v) is 8.23. The summed E-state index contributed by atoms with van der Waals surface area (Å²) in [5.74, 6) is -0.131. The van der Waals surface area contributed by atoms with Crippen LogP contribution < -0.4 is 0 Å². The summed E-state index contributed by atoms with van der Waals surface area (Å²) in [6, 6.07) is -0.676. The molecule has 0 saturated heterocycles. The van der Waals surface area contributed by atoms with Crippen molar-refractivity contribution in [2.45, 2.75) is 33.2 Å². The molecule has 0 heterocycles. The highest BCUT2D eigenvalue weighted by atomic mass is 16.5. The second-order valence-electron chi connectivity index (χ2n) is 3.10. The van der Waals surface area contributed by atoms with Crippen LogP contribution in [0.25, 0.3) is 10.4 Å². The van der Waals surface area contributed by atoms with Crippen LogP contribution in [0.4, 0.5) is 0 Å². The molecule has 0 aromatic heterocycles. The normalized spacial score (nSPS) is 12.0. The summed E-state index contributed by atoms with van der Waals surface area (Å²) in [7, 11) is 0. The standard InChI is InChI=1S/C8H15N3O2/c1-4-13-8(12)7(10-11-9)5-6(2)3/h6-7H,4-5H2,1-3H3. The first kappa shape index (κ1) is 11.8. The van der Waals surface area contributed by atoms with Gasteiger partial charge in [0.1, 0.15) is 6.04 Å². The predicted molar refractivity (Wildman–Crippen MR) is 49.0 cm³/mol. The molecule has 0 aromatic rings. The van der Waals surface area contributed by atoms with Crippen molar-refractivity contribution in [2.24, 2.45) is 11.0 Å². The molecule has 0 aliphatic heterocycles. The van der Waals surface area contributed by atoms with Crippen LogP contribution in [0, 0.1) is 5.92 Å². The van der Waals surface area contributed by atoms with Crippen LogP contribution in [-0.4, -0.2) is 18.6 Å². The van der Waals surface area contributed by atoms with E-state index in [1.165, 1.54) is 0 Å². The van der Waals surface area contributed by atoms with Gasteiger partial charge in [-0.15, -0.1) is 0 Å². The van der Waals surface area contributed by atoms with E-state index in [1.54, 1.807) is 6.92 Å². The number of rotatable bonds is 5. The number of azide groups is 1. The third-order valence-corrected chi connectivity index (χ3v) is 1.44. The van der Waals surface area contributed by atoms with Crippen LogP contribution >= 0.6 is 0 Å². The molecule has 5 nitrogen and oxygen atoms in total. The van der Waals surface area contributed by atoms with E-state index in [9.17, 15) is 4.79 Å². The first-order valence-electron chi connectivity index (χ1n) is 4.32. The molecule has 0 bridgehead atoms. The van der Waals surface area contributed by atoms with E-state index in [4.69, 9.17) is 10.3 Å². The molecule has 1 atom stereocenters. The van der Waals surface area contributed by atoms with E-state index < -0.39 is 12.0 Å². The summed E-state index contributed by atoms with van der Waals surface area (Å²) in [6.07, 6.45) is 0.531. The van der Waals surface area contributed by atoms with E-state index in [0.29, 0.717) is 18.9 Å². The molecule has 0 aromatic carbocycles. The van der Waals surface area contributed by atoms with Crippen molar-refractivity contribution in [3.63, 3.8) is 0 Å². The van der Waals surface area contributed by atoms with Crippen molar-refractivity contribution in [1.82, 2.24) is 0 Å². The van der Waals surface area contributed by atoms with Crippen LogP contribution in [0.3, 0.4) is 0 Å². The Kier molecular flexibility index (Phi) is 5.72. The fraction of sp³-hybridized carbons (Fsp3) is 0.875. The summed E-state index contributed by atoms with van der Waals surface area (Å²) in [4.78, 5) is 13.8. The second kappa shape index (κ2) is 6.31. The molecule has 74 valence electrons. The van der Waals surface area contributed by atoms with E-state index >= 15 is 0 Å². The number of carbonyl (C=O) groups excluding carboxylic acids is 1. The van der Waals surface area contributed by atoms with Crippen molar-refractivity contribution in [1.29, 1.82) is 0 Å². The van der Waals surface area contributed by atoms with Gasteiger partial charge in [0.05, 0.1) is 6.61 Å². The van der Waals surface area contributed by atoms with Gasteiger partial charge in [-0.2, -0.15) is 0 Å². The third kappa shape index (κ3) is 5.09. The molecule has 0 radical (unpaired) electrons.